The highest BCUT2D eigenvalue weighted by Gasteiger charge is 2.30. The lowest BCUT2D eigenvalue weighted by atomic mass is 9.95. The quantitative estimate of drug-likeness (QED) is 0.248. The fraction of sp³-hybridized carbons (Fsp3) is 0.312. The molecule has 1 atom stereocenters. The molecule has 0 radical (unpaired) electrons. The summed E-state index contributed by atoms with van der Waals surface area (Å²) in [6, 6.07) is 14.1. The Bertz CT molecular complexity index is 1560. The maximum Gasteiger partial charge on any atom is 0.340 e. The molecular weight excluding hydrogens is 590 g/mol. The monoisotopic (exact) mass is 621 g/mol. The molecule has 0 amide bonds. The van der Waals surface area contributed by atoms with Crippen molar-refractivity contribution >= 4 is 21.9 Å². The van der Waals surface area contributed by atoms with Gasteiger partial charge in [0, 0.05) is 16.1 Å². The second-order valence-electron chi connectivity index (χ2n) is 9.34. The first-order chi connectivity index (χ1) is 19.8. The van der Waals surface area contributed by atoms with Crippen LogP contribution < -0.4 is 24.4 Å². The van der Waals surface area contributed by atoms with Crippen molar-refractivity contribution in [2.45, 2.75) is 18.9 Å². The molecule has 0 aromatic heterocycles. The number of methoxy groups -OCH3 is 4. The van der Waals surface area contributed by atoms with Crippen LogP contribution in [0.5, 0.6) is 23.0 Å². The van der Waals surface area contributed by atoms with Crippen LogP contribution in [0.1, 0.15) is 33.9 Å². The van der Waals surface area contributed by atoms with Crippen molar-refractivity contribution in [2.24, 2.45) is 0 Å². The summed E-state index contributed by atoms with van der Waals surface area (Å²) < 4.78 is 28.5. The molecule has 1 aliphatic carbocycles. The molecule has 41 heavy (non-hydrogen) atoms. The average molecular weight is 623 g/mol. The molecule has 0 spiro atoms. The van der Waals surface area contributed by atoms with E-state index < -0.39 is 5.97 Å². The van der Waals surface area contributed by atoms with Crippen molar-refractivity contribution in [2.75, 3.05) is 48.6 Å². The Kier molecular flexibility index (Phi) is 9.92. The first-order valence-electron chi connectivity index (χ1n) is 13.0. The summed E-state index contributed by atoms with van der Waals surface area (Å²) in [5.74, 6) is 7.42. The highest BCUT2D eigenvalue weighted by Crippen LogP contribution is 2.50. The number of ether oxygens (including phenoxy) is 5. The van der Waals surface area contributed by atoms with Gasteiger partial charge in [0.1, 0.15) is 0 Å². The molecule has 0 N–H and O–H groups in total. The van der Waals surface area contributed by atoms with E-state index in [0.717, 1.165) is 22.3 Å². The molecule has 0 aliphatic heterocycles. The Labute approximate surface area is 248 Å². The molecule has 8 nitrogen and oxygen atoms in total. The van der Waals surface area contributed by atoms with Crippen LogP contribution in [0.15, 0.2) is 57.8 Å². The molecule has 0 bridgehead atoms. The molecule has 3 aromatic rings. The second kappa shape index (κ2) is 13.6. The van der Waals surface area contributed by atoms with Gasteiger partial charge in [0.25, 0.3) is 0 Å². The number of fused-ring (bicyclic) bond motifs is 3. The molecule has 0 heterocycles. The number of carbonyl (C=O) groups excluding carboxylic acids is 1. The van der Waals surface area contributed by atoms with Gasteiger partial charge in [-0.05, 0) is 82.8 Å². The third-order valence-electron chi connectivity index (χ3n) is 7.04. The van der Waals surface area contributed by atoms with Gasteiger partial charge in [0.15, 0.2) is 23.9 Å². The number of halogens is 1. The van der Waals surface area contributed by atoms with Crippen molar-refractivity contribution < 1.29 is 28.5 Å². The van der Waals surface area contributed by atoms with Crippen LogP contribution in [0.2, 0.25) is 0 Å². The third kappa shape index (κ3) is 6.34. The zero-order valence-corrected chi connectivity index (χ0v) is 25.3. The van der Waals surface area contributed by atoms with Crippen molar-refractivity contribution in [3.05, 3.63) is 79.9 Å². The largest absolute Gasteiger partial charge is 0.493 e. The van der Waals surface area contributed by atoms with Gasteiger partial charge < -0.3 is 23.7 Å². The number of rotatable bonds is 8. The molecule has 0 saturated heterocycles. The number of nitrogens with zero attached hydrogens (tertiary/aromatic N) is 1. The molecular formula is C32H32BrNO7. The third-order valence-corrected chi connectivity index (χ3v) is 7.74. The number of hydrogen-bond acceptors (Lipinski definition) is 8. The van der Waals surface area contributed by atoms with Gasteiger partial charge in [-0.25, -0.2) is 4.79 Å². The SMILES string of the molecule is COc1cc2c(c(OC)c1OC)-c1ccc(OC)c(=O)cc1[C@H](N(C)CC#CCOC(=O)c1ccccc1Br)CC2. The van der Waals surface area contributed by atoms with Crippen LogP contribution in [0.4, 0.5) is 0 Å². The Morgan fingerprint density at radius 2 is 1.68 bits per heavy atom. The van der Waals surface area contributed by atoms with Gasteiger partial charge in [-0.3, -0.25) is 9.69 Å². The molecule has 3 aromatic carbocycles. The molecule has 1 aliphatic rings. The normalized spacial score (nSPS) is 13.6. The van der Waals surface area contributed by atoms with Crippen LogP contribution in [0.3, 0.4) is 0 Å². The van der Waals surface area contributed by atoms with Gasteiger partial charge >= 0.3 is 5.97 Å². The van der Waals surface area contributed by atoms with Gasteiger partial charge in [-0.2, -0.15) is 0 Å². The van der Waals surface area contributed by atoms with Crippen LogP contribution in [0, 0.1) is 11.8 Å². The van der Waals surface area contributed by atoms with E-state index in [0.29, 0.717) is 46.7 Å². The molecule has 0 saturated carbocycles. The summed E-state index contributed by atoms with van der Waals surface area (Å²) in [4.78, 5) is 27.5. The summed E-state index contributed by atoms with van der Waals surface area (Å²) in [5, 5.41) is 0. The van der Waals surface area contributed by atoms with E-state index in [1.54, 1.807) is 51.7 Å². The van der Waals surface area contributed by atoms with E-state index >= 15 is 0 Å². The lowest BCUT2D eigenvalue weighted by Gasteiger charge is -2.26. The molecule has 214 valence electrons. The Morgan fingerprint density at radius 3 is 2.37 bits per heavy atom. The average Bonchev–Trinajstić information content (AvgIpc) is 3.23. The zero-order valence-electron chi connectivity index (χ0n) is 23.7. The minimum absolute atomic E-state index is 0.0334. The topological polar surface area (TPSA) is 83.5 Å². The lowest BCUT2D eigenvalue weighted by Crippen LogP contribution is -2.26. The first kappa shape index (κ1) is 30.0. The Hall–Kier alpha value is -4.00. The van der Waals surface area contributed by atoms with Crippen LogP contribution in [0.25, 0.3) is 11.1 Å². The standard InChI is InChI=1S/C32H32BrNO7/c1-34(16-8-9-17-41-32(36)22-10-6-7-11-24(22)33)25-14-12-20-18-28(38-3)30(39-4)31(40-5)29(20)21-13-15-27(37-2)26(35)19-23(21)25/h6-7,10-11,13,15,18-19,25H,12,14,16-17H2,1-5H3/t25-/m1/s1. The molecule has 0 fully saturated rings. The second-order valence-corrected chi connectivity index (χ2v) is 10.2. The van der Waals surface area contributed by atoms with Crippen molar-refractivity contribution in [1.82, 2.24) is 4.90 Å². The van der Waals surface area contributed by atoms with Gasteiger partial charge in [0.2, 0.25) is 11.2 Å². The van der Waals surface area contributed by atoms with Crippen LogP contribution in [-0.4, -0.2) is 59.5 Å². The first-order valence-corrected chi connectivity index (χ1v) is 13.8. The Morgan fingerprint density at radius 1 is 0.951 bits per heavy atom. The summed E-state index contributed by atoms with van der Waals surface area (Å²) in [6.07, 6.45) is 1.40. The van der Waals surface area contributed by atoms with E-state index in [1.807, 2.05) is 25.2 Å². The fourth-order valence-electron chi connectivity index (χ4n) is 5.05. The highest BCUT2D eigenvalue weighted by molar-refractivity contribution is 9.10. The van der Waals surface area contributed by atoms with E-state index in [9.17, 15) is 9.59 Å². The Balaban J connectivity index is 1.66. The van der Waals surface area contributed by atoms with E-state index in [2.05, 4.69) is 32.7 Å². The minimum atomic E-state index is -0.445. The number of aryl methyl sites for hydroxylation is 1. The summed E-state index contributed by atoms with van der Waals surface area (Å²) in [6.45, 7) is 0.356. The van der Waals surface area contributed by atoms with Gasteiger partial charge in [-0.15, -0.1) is 0 Å². The smallest absolute Gasteiger partial charge is 0.340 e. The molecule has 4 rings (SSSR count). The molecule has 0 unspecified atom stereocenters. The van der Waals surface area contributed by atoms with E-state index in [-0.39, 0.29) is 23.8 Å². The summed E-state index contributed by atoms with van der Waals surface area (Å²) >= 11 is 3.36. The van der Waals surface area contributed by atoms with E-state index in [4.69, 9.17) is 23.7 Å². The fourth-order valence-corrected chi connectivity index (χ4v) is 5.50. The predicted octanol–water partition coefficient (Wildman–Crippen LogP) is 5.29. The van der Waals surface area contributed by atoms with Crippen molar-refractivity contribution in [1.29, 1.82) is 0 Å². The summed E-state index contributed by atoms with van der Waals surface area (Å²) in [5.41, 5.74) is 3.75. The lowest BCUT2D eigenvalue weighted by molar-refractivity contribution is 0.0555. The van der Waals surface area contributed by atoms with Crippen LogP contribution >= 0.6 is 15.9 Å². The van der Waals surface area contributed by atoms with Gasteiger partial charge in [0.05, 0.1) is 40.5 Å². The predicted molar refractivity (Wildman–Crippen MR) is 160 cm³/mol. The van der Waals surface area contributed by atoms with E-state index in [1.165, 1.54) is 7.11 Å². The van der Waals surface area contributed by atoms with Crippen molar-refractivity contribution in [3.8, 4) is 46.0 Å². The number of benzene rings is 2. The van der Waals surface area contributed by atoms with Gasteiger partial charge in [-0.1, -0.05) is 30.0 Å². The highest BCUT2D eigenvalue weighted by atomic mass is 79.9. The zero-order chi connectivity index (χ0) is 29.5. The minimum Gasteiger partial charge on any atom is -0.493 e. The van der Waals surface area contributed by atoms with Crippen LogP contribution in [-0.2, 0) is 11.2 Å². The maximum absolute atomic E-state index is 13.1. The number of esters is 1. The number of carbonyl (C=O) groups is 1. The molecule has 9 heteroatoms. The van der Waals surface area contributed by atoms with Crippen molar-refractivity contribution in [3.63, 3.8) is 0 Å². The summed E-state index contributed by atoms with van der Waals surface area (Å²) in [7, 11) is 8.19. The maximum atomic E-state index is 13.1. The number of hydrogen-bond donors (Lipinski definition) is 0.